The van der Waals surface area contributed by atoms with Gasteiger partial charge in [0.2, 0.25) is 5.78 Å². The molecule has 2 aliphatic heterocycles. The van der Waals surface area contributed by atoms with Gasteiger partial charge in [0.25, 0.3) is 0 Å². The summed E-state index contributed by atoms with van der Waals surface area (Å²) in [5, 5.41) is 0. The summed E-state index contributed by atoms with van der Waals surface area (Å²) in [5.74, 6) is -0.599. The van der Waals surface area contributed by atoms with Crippen molar-refractivity contribution in [3.8, 4) is 0 Å². The van der Waals surface area contributed by atoms with Gasteiger partial charge in [0.05, 0.1) is 0 Å². The second-order valence-corrected chi connectivity index (χ2v) is 2.37. The van der Waals surface area contributed by atoms with Gasteiger partial charge in [-0.15, -0.1) is 0 Å². The molecule has 0 saturated heterocycles. The summed E-state index contributed by atoms with van der Waals surface area (Å²) >= 11 is 0. The van der Waals surface area contributed by atoms with Crippen LogP contribution in [-0.4, -0.2) is 24.5 Å². The van der Waals surface area contributed by atoms with E-state index in [-0.39, 0.29) is 12.0 Å². The van der Waals surface area contributed by atoms with Gasteiger partial charge in [-0.05, 0) is 0 Å². The molecule has 0 amide bonds. The summed E-state index contributed by atoms with van der Waals surface area (Å²) < 4.78 is 0. The molecule has 0 bridgehead atoms. The van der Waals surface area contributed by atoms with E-state index in [1.54, 1.807) is 6.20 Å². The van der Waals surface area contributed by atoms with Crippen molar-refractivity contribution < 1.29 is 9.59 Å². The van der Waals surface area contributed by atoms with Crippen LogP contribution in [0, 0.1) is 0 Å². The molecule has 0 aromatic carbocycles. The third-order valence-corrected chi connectivity index (χ3v) is 1.66. The first-order valence-electron chi connectivity index (χ1n) is 3.34. The minimum atomic E-state index is -0.599. The fourth-order valence-electron chi connectivity index (χ4n) is 1.09. The highest BCUT2D eigenvalue weighted by atomic mass is 16.2. The van der Waals surface area contributed by atoms with E-state index in [2.05, 4.69) is 9.98 Å². The number of hydrogen-bond acceptors (Lipinski definition) is 4. The molecule has 0 aromatic rings. The Morgan fingerprint density at radius 2 is 2.25 bits per heavy atom. The van der Waals surface area contributed by atoms with Crippen LogP contribution in [-0.2, 0) is 9.59 Å². The van der Waals surface area contributed by atoms with Crippen LogP contribution in [0.15, 0.2) is 33.0 Å². The van der Waals surface area contributed by atoms with Crippen molar-refractivity contribution >= 4 is 24.5 Å². The van der Waals surface area contributed by atoms with Gasteiger partial charge >= 0.3 is 0 Å². The molecule has 0 unspecified atom stereocenters. The predicted octanol–water partition coefficient (Wildman–Crippen LogP) is 0.0612. The Morgan fingerprint density at radius 1 is 1.42 bits per heavy atom. The topological polar surface area (TPSA) is 58.9 Å². The molecule has 0 aliphatic carbocycles. The lowest BCUT2D eigenvalue weighted by molar-refractivity contribution is -0.127. The van der Waals surface area contributed by atoms with Gasteiger partial charge in [-0.1, -0.05) is 0 Å². The van der Waals surface area contributed by atoms with Crippen molar-refractivity contribution in [1.29, 1.82) is 0 Å². The molecule has 0 saturated carbocycles. The zero-order chi connectivity index (χ0) is 8.55. The van der Waals surface area contributed by atoms with E-state index in [0.717, 1.165) is 5.57 Å². The molecule has 0 atom stereocenters. The number of aliphatic imine (C=N–C) groups is 2. The average molecular weight is 160 g/mol. The molecule has 0 radical (unpaired) electrons. The Morgan fingerprint density at radius 3 is 3.00 bits per heavy atom. The fourth-order valence-corrected chi connectivity index (χ4v) is 1.09. The number of carbonyl (C=O) groups excluding carboxylic acids is 2. The summed E-state index contributed by atoms with van der Waals surface area (Å²) in [5.41, 5.74) is 1.63. The van der Waals surface area contributed by atoms with Gasteiger partial charge < -0.3 is 0 Å². The smallest absolute Gasteiger partial charge is 0.244 e. The van der Waals surface area contributed by atoms with E-state index in [9.17, 15) is 9.59 Å². The number of rotatable bonds is 2. The maximum absolute atomic E-state index is 10.9. The maximum atomic E-state index is 10.9. The molecular weight excluding hydrogens is 156 g/mol. The van der Waals surface area contributed by atoms with Crippen molar-refractivity contribution in [2.24, 2.45) is 9.98 Å². The predicted molar refractivity (Wildman–Crippen MR) is 43.2 cm³/mol. The first-order chi connectivity index (χ1) is 5.83. The summed E-state index contributed by atoms with van der Waals surface area (Å²) in [4.78, 5) is 28.7. The Kier molecular flexibility index (Phi) is 1.33. The van der Waals surface area contributed by atoms with E-state index in [4.69, 9.17) is 0 Å². The largest absolute Gasteiger partial charge is 0.294 e. The lowest BCUT2D eigenvalue weighted by Crippen LogP contribution is -2.02. The number of hydrogen-bond donors (Lipinski definition) is 0. The second-order valence-electron chi connectivity index (χ2n) is 2.37. The Balaban J connectivity index is 2.50. The minimum absolute atomic E-state index is 0.192. The van der Waals surface area contributed by atoms with Crippen molar-refractivity contribution in [1.82, 2.24) is 0 Å². The molecule has 0 aromatic heterocycles. The van der Waals surface area contributed by atoms with Crippen molar-refractivity contribution in [2.45, 2.75) is 0 Å². The molecule has 0 N–H and O–H groups in total. The number of nitrogens with zero attached hydrogens (tertiary/aromatic N) is 2. The molecule has 0 fully saturated rings. The standard InChI is InChI=1S/C8H4N2O2/c11-4-7(12)8-6-3-9-1-5(6)2-10-8/h1-4H. The first-order valence-corrected chi connectivity index (χ1v) is 3.34. The quantitative estimate of drug-likeness (QED) is 0.423. The SMILES string of the molecule is O=CC(=O)C1=C2C=NC=C2C=N1. The monoisotopic (exact) mass is 160 g/mol. The summed E-state index contributed by atoms with van der Waals surface area (Å²) in [6.07, 6.45) is 4.91. The van der Waals surface area contributed by atoms with E-state index < -0.39 is 5.78 Å². The molecule has 58 valence electrons. The Labute approximate surface area is 68.0 Å². The number of aldehydes is 1. The van der Waals surface area contributed by atoms with Crippen LogP contribution in [0.5, 0.6) is 0 Å². The van der Waals surface area contributed by atoms with E-state index in [1.807, 2.05) is 0 Å². The molecule has 4 nitrogen and oxygen atoms in total. The van der Waals surface area contributed by atoms with Gasteiger partial charge in [-0.25, -0.2) is 0 Å². The molecular formula is C8H4N2O2. The molecule has 4 heteroatoms. The summed E-state index contributed by atoms with van der Waals surface area (Å²) in [6, 6.07) is 0. The highest BCUT2D eigenvalue weighted by Crippen LogP contribution is 2.23. The zero-order valence-corrected chi connectivity index (χ0v) is 6.02. The third kappa shape index (κ3) is 0.780. The Hall–Kier alpha value is -1.84. The van der Waals surface area contributed by atoms with Gasteiger partial charge in [-0.2, -0.15) is 0 Å². The number of allylic oxidation sites excluding steroid dienone is 3. The van der Waals surface area contributed by atoms with Gasteiger partial charge in [0, 0.05) is 29.8 Å². The highest BCUT2D eigenvalue weighted by molar-refractivity contribution is 6.36. The lowest BCUT2D eigenvalue weighted by Gasteiger charge is -1.90. The summed E-state index contributed by atoms with van der Waals surface area (Å²) in [7, 11) is 0. The third-order valence-electron chi connectivity index (χ3n) is 1.66. The van der Waals surface area contributed by atoms with Crippen LogP contribution < -0.4 is 0 Å². The molecule has 2 rings (SSSR count). The van der Waals surface area contributed by atoms with E-state index >= 15 is 0 Å². The van der Waals surface area contributed by atoms with Crippen molar-refractivity contribution in [3.05, 3.63) is 23.0 Å². The zero-order valence-electron chi connectivity index (χ0n) is 6.02. The number of ketones is 1. The van der Waals surface area contributed by atoms with Crippen LogP contribution in [0.4, 0.5) is 0 Å². The van der Waals surface area contributed by atoms with Crippen LogP contribution in [0.2, 0.25) is 0 Å². The molecule has 2 aliphatic rings. The highest BCUT2D eigenvalue weighted by Gasteiger charge is 2.21. The van der Waals surface area contributed by atoms with Crippen molar-refractivity contribution in [2.75, 3.05) is 0 Å². The van der Waals surface area contributed by atoms with E-state index in [1.165, 1.54) is 12.4 Å². The maximum Gasteiger partial charge on any atom is 0.244 e. The summed E-state index contributed by atoms with van der Waals surface area (Å²) in [6.45, 7) is 0. The van der Waals surface area contributed by atoms with E-state index in [0.29, 0.717) is 5.57 Å². The number of Topliss-reactive ketones (excluding diaryl/α,β-unsaturated/α-hetero) is 1. The second kappa shape index (κ2) is 2.34. The normalized spacial score (nSPS) is 18.2. The molecule has 0 spiro atoms. The molecule has 12 heavy (non-hydrogen) atoms. The average Bonchev–Trinajstić information content (AvgIpc) is 2.62. The van der Waals surface area contributed by atoms with Crippen LogP contribution >= 0.6 is 0 Å². The molecule has 2 heterocycles. The lowest BCUT2D eigenvalue weighted by atomic mass is 10.1. The Bertz CT molecular complexity index is 386. The van der Waals surface area contributed by atoms with Gasteiger partial charge in [0.15, 0.2) is 6.29 Å². The minimum Gasteiger partial charge on any atom is -0.294 e. The van der Waals surface area contributed by atoms with Crippen LogP contribution in [0.3, 0.4) is 0 Å². The number of carbonyl (C=O) groups is 2. The van der Waals surface area contributed by atoms with Crippen molar-refractivity contribution in [3.63, 3.8) is 0 Å². The first kappa shape index (κ1) is 6.84. The fraction of sp³-hybridized carbons (Fsp3) is 0. The van der Waals surface area contributed by atoms with Crippen LogP contribution in [0.25, 0.3) is 0 Å². The number of fused-ring (bicyclic) bond motifs is 1. The van der Waals surface area contributed by atoms with Gasteiger partial charge in [0.1, 0.15) is 5.70 Å². The van der Waals surface area contributed by atoms with Gasteiger partial charge in [-0.3, -0.25) is 19.6 Å². The van der Waals surface area contributed by atoms with Crippen LogP contribution in [0.1, 0.15) is 0 Å².